The quantitative estimate of drug-likeness (QED) is 0.543. The molecule has 0 aliphatic heterocycles. The molecule has 0 bridgehead atoms. The molecule has 1 aromatic carbocycles. The molecule has 0 spiro atoms. The number of benzene rings is 1. The maximum atomic E-state index is 2.53. The summed E-state index contributed by atoms with van der Waals surface area (Å²) in [7, 11) is 0. The van der Waals surface area contributed by atoms with Crippen LogP contribution in [-0.4, -0.2) is 13.1 Å². The minimum atomic E-state index is 1.18. The molecule has 0 aliphatic rings. The number of hydrogen-bond donors (Lipinski definition) is 0. The molecule has 1 heteroatoms. The topological polar surface area (TPSA) is 3.24 Å². The second-order valence-corrected chi connectivity index (χ2v) is 5.24. The van der Waals surface area contributed by atoms with Crippen molar-refractivity contribution in [1.82, 2.24) is 0 Å². The van der Waals surface area contributed by atoms with Gasteiger partial charge in [-0.15, -0.1) is 0 Å². The van der Waals surface area contributed by atoms with Crippen LogP contribution in [0.2, 0.25) is 0 Å². The minimum absolute atomic E-state index is 1.18. The average Bonchev–Trinajstić information content (AvgIpc) is 2.38. The molecular weight excluding hydrogens is 218 g/mol. The van der Waals surface area contributed by atoms with Crippen LogP contribution in [0.3, 0.4) is 0 Å². The Kier molecular flexibility index (Phi) is 7.55. The van der Waals surface area contributed by atoms with E-state index >= 15 is 0 Å². The molecule has 0 amide bonds. The fourth-order valence-electron chi connectivity index (χ4n) is 2.30. The van der Waals surface area contributed by atoms with Crippen LogP contribution in [0, 0.1) is 6.92 Å². The number of nitrogens with zero attached hydrogens (tertiary/aromatic N) is 1. The number of hydrogen-bond acceptors (Lipinski definition) is 1. The lowest BCUT2D eigenvalue weighted by atomic mass is 10.1. The van der Waals surface area contributed by atoms with E-state index in [9.17, 15) is 0 Å². The van der Waals surface area contributed by atoms with Gasteiger partial charge in [0.05, 0.1) is 0 Å². The van der Waals surface area contributed by atoms with Crippen LogP contribution in [0.4, 0.5) is 5.69 Å². The molecule has 0 aromatic heterocycles. The standard InChI is InChI=1S/C17H29N/c1-4-6-7-8-9-15-18(14-5-2)17-12-10-16(3)11-13-17/h10-13H,4-9,14-15H2,1-3H3. The third-order valence-corrected chi connectivity index (χ3v) is 3.42. The van der Waals surface area contributed by atoms with Gasteiger partial charge in [-0.1, -0.05) is 57.2 Å². The molecule has 102 valence electrons. The monoisotopic (exact) mass is 247 g/mol. The predicted octanol–water partition coefficient (Wildman–Crippen LogP) is 5.18. The van der Waals surface area contributed by atoms with Crippen molar-refractivity contribution in [3.8, 4) is 0 Å². The van der Waals surface area contributed by atoms with Gasteiger partial charge < -0.3 is 4.90 Å². The number of anilines is 1. The van der Waals surface area contributed by atoms with Crippen LogP contribution >= 0.6 is 0 Å². The van der Waals surface area contributed by atoms with Gasteiger partial charge >= 0.3 is 0 Å². The lowest BCUT2D eigenvalue weighted by molar-refractivity contribution is 0.615. The van der Waals surface area contributed by atoms with E-state index in [2.05, 4.69) is 49.9 Å². The van der Waals surface area contributed by atoms with Gasteiger partial charge in [-0.3, -0.25) is 0 Å². The summed E-state index contributed by atoms with van der Waals surface area (Å²) in [6, 6.07) is 8.96. The fourth-order valence-corrected chi connectivity index (χ4v) is 2.30. The van der Waals surface area contributed by atoms with Crippen LogP contribution in [0.1, 0.15) is 57.9 Å². The molecule has 0 atom stereocenters. The molecule has 1 rings (SSSR count). The first kappa shape index (κ1) is 15.1. The summed E-state index contributed by atoms with van der Waals surface area (Å²) in [5.74, 6) is 0. The van der Waals surface area contributed by atoms with Crippen molar-refractivity contribution in [2.45, 2.75) is 59.3 Å². The summed E-state index contributed by atoms with van der Waals surface area (Å²) in [5.41, 5.74) is 2.73. The summed E-state index contributed by atoms with van der Waals surface area (Å²) in [4.78, 5) is 2.53. The van der Waals surface area contributed by atoms with Gasteiger partial charge in [0, 0.05) is 18.8 Å². The van der Waals surface area contributed by atoms with Crippen molar-refractivity contribution in [2.75, 3.05) is 18.0 Å². The SMILES string of the molecule is CCCCCCCN(CCC)c1ccc(C)cc1. The van der Waals surface area contributed by atoms with Crippen molar-refractivity contribution < 1.29 is 0 Å². The fraction of sp³-hybridized carbons (Fsp3) is 0.647. The molecule has 0 N–H and O–H groups in total. The highest BCUT2D eigenvalue weighted by Crippen LogP contribution is 2.16. The van der Waals surface area contributed by atoms with Crippen LogP contribution in [0.5, 0.6) is 0 Å². The highest BCUT2D eigenvalue weighted by molar-refractivity contribution is 5.47. The first-order valence-electron chi connectivity index (χ1n) is 7.59. The van der Waals surface area contributed by atoms with Crippen molar-refractivity contribution in [3.63, 3.8) is 0 Å². The summed E-state index contributed by atoms with van der Waals surface area (Å²) in [6.07, 6.45) is 8.04. The van der Waals surface area contributed by atoms with Gasteiger partial charge in [-0.05, 0) is 31.9 Å². The molecule has 0 unspecified atom stereocenters. The van der Waals surface area contributed by atoms with Gasteiger partial charge in [0.2, 0.25) is 0 Å². The normalized spacial score (nSPS) is 10.6. The lowest BCUT2D eigenvalue weighted by Crippen LogP contribution is -2.25. The second-order valence-electron chi connectivity index (χ2n) is 5.24. The van der Waals surface area contributed by atoms with E-state index in [4.69, 9.17) is 0 Å². The Morgan fingerprint density at radius 1 is 0.778 bits per heavy atom. The van der Waals surface area contributed by atoms with Crippen molar-refractivity contribution in [1.29, 1.82) is 0 Å². The lowest BCUT2D eigenvalue weighted by Gasteiger charge is -2.24. The zero-order valence-corrected chi connectivity index (χ0v) is 12.4. The molecule has 0 heterocycles. The Morgan fingerprint density at radius 2 is 1.44 bits per heavy atom. The van der Waals surface area contributed by atoms with E-state index in [0.717, 1.165) is 0 Å². The van der Waals surface area contributed by atoms with Gasteiger partial charge in [0.15, 0.2) is 0 Å². The van der Waals surface area contributed by atoms with Crippen LogP contribution in [0.25, 0.3) is 0 Å². The maximum Gasteiger partial charge on any atom is 0.0366 e. The van der Waals surface area contributed by atoms with Crippen molar-refractivity contribution >= 4 is 5.69 Å². The Bertz CT molecular complexity index is 302. The van der Waals surface area contributed by atoms with Crippen LogP contribution in [0.15, 0.2) is 24.3 Å². The molecule has 0 fully saturated rings. The summed E-state index contributed by atoms with van der Waals surface area (Å²) >= 11 is 0. The third kappa shape index (κ3) is 5.57. The molecule has 18 heavy (non-hydrogen) atoms. The van der Waals surface area contributed by atoms with Gasteiger partial charge in [0.1, 0.15) is 0 Å². The molecule has 1 nitrogen and oxygen atoms in total. The minimum Gasteiger partial charge on any atom is -0.372 e. The van der Waals surface area contributed by atoms with Gasteiger partial charge in [0.25, 0.3) is 0 Å². The number of unbranched alkanes of at least 4 members (excludes halogenated alkanes) is 4. The predicted molar refractivity (Wildman–Crippen MR) is 82.4 cm³/mol. The van der Waals surface area contributed by atoms with E-state index in [-0.39, 0.29) is 0 Å². The van der Waals surface area contributed by atoms with Crippen molar-refractivity contribution in [2.24, 2.45) is 0 Å². The molecule has 0 saturated heterocycles. The van der Waals surface area contributed by atoms with Gasteiger partial charge in [-0.2, -0.15) is 0 Å². The first-order chi connectivity index (χ1) is 8.77. The summed E-state index contributed by atoms with van der Waals surface area (Å²) in [6.45, 7) is 9.07. The smallest absolute Gasteiger partial charge is 0.0366 e. The Labute approximate surface area is 113 Å². The Morgan fingerprint density at radius 3 is 2.06 bits per heavy atom. The third-order valence-electron chi connectivity index (χ3n) is 3.42. The molecule has 0 aliphatic carbocycles. The van der Waals surface area contributed by atoms with E-state index < -0.39 is 0 Å². The van der Waals surface area contributed by atoms with Crippen LogP contribution < -0.4 is 4.90 Å². The highest BCUT2D eigenvalue weighted by atomic mass is 15.1. The van der Waals surface area contributed by atoms with E-state index in [1.807, 2.05) is 0 Å². The molecule has 0 radical (unpaired) electrons. The second kappa shape index (κ2) is 9.02. The largest absolute Gasteiger partial charge is 0.372 e. The Hall–Kier alpha value is -0.980. The van der Waals surface area contributed by atoms with Crippen LogP contribution in [-0.2, 0) is 0 Å². The van der Waals surface area contributed by atoms with E-state index in [0.29, 0.717) is 0 Å². The first-order valence-corrected chi connectivity index (χ1v) is 7.59. The van der Waals surface area contributed by atoms with E-state index in [1.54, 1.807) is 0 Å². The van der Waals surface area contributed by atoms with E-state index in [1.165, 1.54) is 62.9 Å². The van der Waals surface area contributed by atoms with Gasteiger partial charge in [-0.25, -0.2) is 0 Å². The zero-order valence-electron chi connectivity index (χ0n) is 12.4. The van der Waals surface area contributed by atoms with Crippen molar-refractivity contribution in [3.05, 3.63) is 29.8 Å². The molecule has 0 saturated carbocycles. The summed E-state index contributed by atoms with van der Waals surface area (Å²) < 4.78 is 0. The average molecular weight is 247 g/mol. The highest BCUT2D eigenvalue weighted by Gasteiger charge is 2.04. The Balaban J connectivity index is 2.41. The molecular formula is C17H29N. The number of aryl methyl sites for hydroxylation is 1. The maximum absolute atomic E-state index is 2.53. The summed E-state index contributed by atoms with van der Waals surface area (Å²) in [5, 5.41) is 0. The number of rotatable bonds is 9. The zero-order chi connectivity index (χ0) is 13.2. The molecule has 1 aromatic rings.